The molecule has 1 heterocycles. The Hall–Kier alpha value is -3.94. The standard InChI is InChI=1S/C21H19N3O5/c1-12-4-6-13(7-5-12)17-11-18(24-23-17)19(25)22-16-9-14(20(26)28-2)8-15(10-16)21(27)29-3/h4-11H,1-3H3,(H,22,25)(H,23,24). The Morgan fingerprint density at radius 3 is 2.03 bits per heavy atom. The normalized spacial score (nSPS) is 10.3. The number of carbonyl (C=O) groups is 3. The lowest BCUT2D eigenvalue weighted by molar-refractivity contribution is 0.0599. The topological polar surface area (TPSA) is 110 Å². The Morgan fingerprint density at radius 2 is 1.48 bits per heavy atom. The summed E-state index contributed by atoms with van der Waals surface area (Å²) in [5, 5.41) is 9.50. The van der Waals surface area contributed by atoms with Crippen LogP contribution in [0.4, 0.5) is 5.69 Å². The third-order valence-corrected chi connectivity index (χ3v) is 4.20. The summed E-state index contributed by atoms with van der Waals surface area (Å²) in [5.74, 6) is -1.77. The molecule has 0 saturated heterocycles. The summed E-state index contributed by atoms with van der Waals surface area (Å²) in [6, 6.07) is 13.5. The number of amides is 1. The maximum Gasteiger partial charge on any atom is 0.337 e. The molecule has 0 saturated carbocycles. The van der Waals surface area contributed by atoms with E-state index in [1.165, 1.54) is 32.4 Å². The number of carbonyl (C=O) groups excluding carboxylic acids is 3. The van der Waals surface area contributed by atoms with E-state index in [4.69, 9.17) is 9.47 Å². The zero-order valence-electron chi connectivity index (χ0n) is 16.1. The Kier molecular flexibility index (Phi) is 5.73. The van der Waals surface area contributed by atoms with Crippen LogP contribution in [0.15, 0.2) is 48.5 Å². The molecule has 3 rings (SSSR count). The van der Waals surface area contributed by atoms with Crippen LogP contribution < -0.4 is 5.32 Å². The van der Waals surface area contributed by atoms with E-state index in [0.717, 1.165) is 11.1 Å². The lowest BCUT2D eigenvalue weighted by Gasteiger charge is -2.09. The van der Waals surface area contributed by atoms with Crippen molar-refractivity contribution < 1.29 is 23.9 Å². The minimum Gasteiger partial charge on any atom is -0.465 e. The number of nitrogens with one attached hydrogen (secondary N) is 2. The van der Waals surface area contributed by atoms with Crippen LogP contribution in [0.3, 0.4) is 0 Å². The van der Waals surface area contributed by atoms with Crippen molar-refractivity contribution >= 4 is 23.5 Å². The Labute approximate surface area is 166 Å². The molecule has 0 bridgehead atoms. The van der Waals surface area contributed by atoms with E-state index < -0.39 is 17.8 Å². The first kappa shape index (κ1) is 19.8. The summed E-state index contributed by atoms with van der Waals surface area (Å²) < 4.78 is 9.38. The molecule has 148 valence electrons. The molecule has 0 unspecified atom stereocenters. The maximum atomic E-state index is 12.6. The van der Waals surface area contributed by atoms with Crippen molar-refractivity contribution in [2.24, 2.45) is 0 Å². The van der Waals surface area contributed by atoms with E-state index in [0.29, 0.717) is 5.69 Å². The lowest BCUT2D eigenvalue weighted by Crippen LogP contribution is -2.14. The second-order valence-electron chi connectivity index (χ2n) is 6.27. The lowest BCUT2D eigenvalue weighted by atomic mass is 10.1. The quantitative estimate of drug-likeness (QED) is 0.644. The van der Waals surface area contributed by atoms with Crippen LogP contribution in [0.2, 0.25) is 0 Å². The molecule has 1 amide bonds. The third kappa shape index (κ3) is 4.49. The number of methoxy groups -OCH3 is 2. The van der Waals surface area contributed by atoms with Crippen LogP contribution in [-0.4, -0.2) is 42.3 Å². The van der Waals surface area contributed by atoms with Crippen molar-refractivity contribution in [3.8, 4) is 11.3 Å². The average Bonchev–Trinajstić information content (AvgIpc) is 3.23. The summed E-state index contributed by atoms with van der Waals surface area (Å²) >= 11 is 0. The molecule has 0 aliphatic rings. The first-order valence-corrected chi connectivity index (χ1v) is 8.67. The number of nitrogens with zero attached hydrogens (tertiary/aromatic N) is 1. The van der Waals surface area contributed by atoms with Crippen molar-refractivity contribution in [3.05, 3.63) is 70.9 Å². The minimum atomic E-state index is -0.644. The van der Waals surface area contributed by atoms with Crippen LogP contribution in [0.5, 0.6) is 0 Å². The first-order valence-electron chi connectivity index (χ1n) is 8.67. The first-order chi connectivity index (χ1) is 13.9. The highest BCUT2D eigenvalue weighted by Gasteiger charge is 2.17. The minimum absolute atomic E-state index is 0.107. The van der Waals surface area contributed by atoms with Gasteiger partial charge in [0.1, 0.15) is 5.69 Å². The van der Waals surface area contributed by atoms with Crippen LogP contribution in [0.1, 0.15) is 36.8 Å². The highest BCUT2D eigenvalue weighted by Crippen LogP contribution is 2.20. The van der Waals surface area contributed by atoms with Crippen molar-refractivity contribution in [2.45, 2.75) is 6.92 Å². The van der Waals surface area contributed by atoms with Crippen LogP contribution in [0, 0.1) is 6.92 Å². The molecule has 0 aliphatic carbocycles. The van der Waals surface area contributed by atoms with Gasteiger partial charge in [0.15, 0.2) is 0 Å². The Bertz CT molecular complexity index is 1040. The van der Waals surface area contributed by atoms with Crippen molar-refractivity contribution in [3.63, 3.8) is 0 Å². The number of esters is 2. The molecule has 8 heteroatoms. The van der Waals surface area contributed by atoms with Gasteiger partial charge in [-0.15, -0.1) is 0 Å². The number of hydrogen-bond acceptors (Lipinski definition) is 6. The smallest absolute Gasteiger partial charge is 0.337 e. The number of rotatable bonds is 5. The fraction of sp³-hybridized carbons (Fsp3) is 0.143. The van der Waals surface area contributed by atoms with E-state index in [1.807, 2.05) is 31.2 Å². The molecule has 0 spiro atoms. The number of aromatic nitrogens is 2. The predicted molar refractivity (Wildman–Crippen MR) is 106 cm³/mol. The van der Waals surface area contributed by atoms with Gasteiger partial charge in [-0.2, -0.15) is 5.10 Å². The van der Waals surface area contributed by atoms with Gasteiger partial charge in [0, 0.05) is 11.3 Å². The number of aryl methyl sites for hydroxylation is 1. The fourth-order valence-corrected chi connectivity index (χ4v) is 2.68. The van der Waals surface area contributed by atoms with Crippen LogP contribution >= 0.6 is 0 Å². The van der Waals surface area contributed by atoms with Gasteiger partial charge in [0.25, 0.3) is 5.91 Å². The second kappa shape index (κ2) is 8.39. The summed E-state index contributed by atoms with van der Waals surface area (Å²) in [6.45, 7) is 1.98. The molecule has 29 heavy (non-hydrogen) atoms. The summed E-state index contributed by atoms with van der Waals surface area (Å²) in [7, 11) is 2.45. The maximum absolute atomic E-state index is 12.6. The number of anilines is 1. The van der Waals surface area contributed by atoms with E-state index in [-0.39, 0.29) is 22.5 Å². The fourth-order valence-electron chi connectivity index (χ4n) is 2.68. The van der Waals surface area contributed by atoms with Gasteiger partial charge in [-0.1, -0.05) is 29.8 Å². The van der Waals surface area contributed by atoms with Crippen LogP contribution in [0.25, 0.3) is 11.3 Å². The summed E-state index contributed by atoms with van der Waals surface area (Å²) in [6.07, 6.45) is 0. The highest BCUT2D eigenvalue weighted by molar-refractivity contribution is 6.05. The summed E-state index contributed by atoms with van der Waals surface area (Å²) in [4.78, 5) is 36.3. The highest BCUT2D eigenvalue weighted by atomic mass is 16.5. The van der Waals surface area contributed by atoms with Gasteiger partial charge in [-0.25, -0.2) is 9.59 Å². The molecule has 0 atom stereocenters. The number of H-pyrrole nitrogens is 1. The van der Waals surface area contributed by atoms with Crippen molar-refractivity contribution in [2.75, 3.05) is 19.5 Å². The Balaban J connectivity index is 1.85. The molecule has 0 aliphatic heterocycles. The average molecular weight is 393 g/mol. The Morgan fingerprint density at radius 1 is 0.897 bits per heavy atom. The van der Waals surface area contributed by atoms with Gasteiger partial charge in [-0.05, 0) is 31.2 Å². The van der Waals surface area contributed by atoms with Crippen molar-refractivity contribution in [1.82, 2.24) is 10.2 Å². The zero-order valence-corrected chi connectivity index (χ0v) is 16.1. The molecule has 2 aromatic carbocycles. The largest absolute Gasteiger partial charge is 0.465 e. The van der Waals surface area contributed by atoms with Crippen molar-refractivity contribution in [1.29, 1.82) is 0 Å². The number of hydrogen-bond donors (Lipinski definition) is 2. The third-order valence-electron chi connectivity index (χ3n) is 4.20. The molecular formula is C21H19N3O5. The van der Waals surface area contributed by atoms with E-state index in [9.17, 15) is 14.4 Å². The van der Waals surface area contributed by atoms with E-state index in [1.54, 1.807) is 6.07 Å². The molecule has 0 fully saturated rings. The molecule has 0 radical (unpaired) electrons. The molecule has 3 aromatic rings. The predicted octanol–water partition coefficient (Wildman–Crippen LogP) is 3.21. The summed E-state index contributed by atoms with van der Waals surface area (Å²) in [5.41, 5.74) is 3.29. The molecule has 8 nitrogen and oxygen atoms in total. The number of aromatic amines is 1. The number of ether oxygens (including phenoxy) is 2. The number of benzene rings is 2. The van der Waals surface area contributed by atoms with Gasteiger partial charge >= 0.3 is 11.9 Å². The monoisotopic (exact) mass is 393 g/mol. The van der Waals surface area contributed by atoms with Crippen LogP contribution in [-0.2, 0) is 9.47 Å². The van der Waals surface area contributed by atoms with E-state index >= 15 is 0 Å². The van der Waals surface area contributed by atoms with Gasteiger partial charge in [0.05, 0.1) is 31.0 Å². The van der Waals surface area contributed by atoms with Gasteiger partial charge in [0.2, 0.25) is 0 Å². The van der Waals surface area contributed by atoms with Gasteiger partial charge < -0.3 is 14.8 Å². The SMILES string of the molecule is COC(=O)c1cc(NC(=O)c2cc(-c3ccc(C)cc3)n[nH]2)cc(C(=O)OC)c1. The zero-order chi connectivity index (χ0) is 21.0. The van der Waals surface area contributed by atoms with Gasteiger partial charge in [-0.3, -0.25) is 9.89 Å². The van der Waals surface area contributed by atoms with E-state index in [2.05, 4.69) is 15.5 Å². The molecule has 2 N–H and O–H groups in total. The molecular weight excluding hydrogens is 374 g/mol. The second-order valence-corrected chi connectivity index (χ2v) is 6.27. The molecule has 1 aromatic heterocycles.